The van der Waals surface area contributed by atoms with Gasteiger partial charge in [0.25, 0.3) is 10.0 Å². The van der Waals surface area contributed by atoms with Crippen molar-refractivity contribution in [2.45, 2.75) is 49.1 Å². The lowest BCUT2D eigenvalue weighted by molar-refractivity contribution is -0.124. The van der Waals surface area contributed by atoms with Crippen LogP contribution in [0.1, 0.15) is 36.8 Å². The molecule has 4 aromatic rings. The van der Waals surface area contributed by atoms with Gasteiger partial charge in [0.15, 0.2) is 0 Å². The average Bonchev–Trinajstić information content (AvgIpc) is 3.55. The summed E-state index contributed by atoms with van der Waals surface area (Å²) in [4.78, 5) is 14.9. The number of piperidine rings is 1. The summed E-state index contributed by atoms with van der Waals surface area (Å²) >= 11 is 0. The fourth-order valence-electron chi connectivity index (χ4n) is 7.04. The molecule has 3 heterocycles. The first kappa shape index (κ1) is 25.3. The van der Waals surface area contributed by atoms with Crippen LogP contribution in [0.3, 0.4) is 0 Å². The third kappa shape index (κ3) is 3.80. The third-order valence-corrected chi connectivity index (χ3v) is 10.7. The molecule has 40 heavy (non-hydrogen) atoms. The number of nitrogens with zero attached hydrogens (tertiary/aromatic N) is 6. The van der Waals surface area contributed by atoms with Crippen molar-refractivity contribution in [2.75, 3.05) is 13.1 Å². The molecule has 208 valence electrons. The second-order valence-electron chi connectivity index (χ2n) is 11.3. The quantitative estimate of drug-likeness (QED) is 0.386. The molecule has 0 bridgehead atoms. The largest absolute Gasteiger partial charge is 0.353 e. The number of nitrogens with one attached hydrogen (secondary N) is 1. The maximum absolute atomic E-state index is 13.6. The summed E-state index contributed by atoms with van der Waals surface area (Å²) in [5.41, 5.74) is 2.87. The maximum Gasteiger partial charge on any atom is 0.264 e. The second-order valence-corrected chi connectivity index (χ2v) is 13.2. The molecule has 2 aromatic carbocycles. The fourth-order valence-corrected chi connectivity index (χ4v) is 8.44. The molecule has 1 saturated heterocycles. The molecule has 7 rings (SSSR count). The number of hydrogen-bond donors (Lipinski definition) is 1. The zero-order valence-corrected chi connectivity index (χ0v) is 23.1. The summed E-state index contributed by atoms with van der Waals surface area (Å²) in [6, 6.07) is 10.4. The molecule has 3 atom stereocenters. The Labute approximate surface area is 231 Å². The number of benzene rings is 2. The number of rotatable bonds is 6. The van der Waals surface area contributed by atoms with E-state index in [4.69, 9.17) is 0 Å². The van der Waals surface area contributed by atoms with Crippen molar-refractivity contribution < 1.29 is 17.6 Å². The van der Waals surface area contributed by atoms with Crippen LogP contribution in [0.25, 0.3) is 16.6 Å². The van der Waals surface area contributed by atoms with Crippen LogP contribution in [0.15, 0.2) is 53.8 Å². The van der Waals surface area contributed by atoms with E-state index in [2.05, 4.69) is 20.6 Å². The lowest BCUT2D eigenvalue weighted by atomic mass is 9.88. The molecule has 0 radical (unpaired) electrons. The molecule has 3 fully saturated rings. The Morgan fingerprint density at radius 3 is 2.55 bits per heavy atom. The first-order chi connectivity index (χ1) is 19.2. The van der Waals surface area contributed by atoms with Gasteiger partial charge in [-0.25, -0.2) is 17.5 Å². The van der Waals surface area contributed by atoms with Gasteiger partial charge in [-0.2, -0.15) is 19.3 Å². The van der Waals surface area contributed by atoms with Gasteiger partial charge < -0.3 is 5.32 Å². The number of hydrogen-bond acceptors (Lipinski definition) is 6. The molecular weight excluding hydrogens is 533 g/mol. The minimum atomic E-state index is -3.87. The highest BCUT2D eigenvalue weighted by Crippen LogP contribution is 2.65. The lowest BCUT2D eigenvalue weighted by Crippen LogP contribution is -2.41. The molecule has 2 aliphatic carbocycles. The van der Waals surface area contributed by atoms with E-state index in [0.717, 1.165) is 53.4 Å². The minimum Gasteiger partial charge on any atom is -0.353 e. The van der Waals surface area contributed by atoms with Crippen LogP contribution < -0.4 is 5.32 Å². The Balaban J connectivity index is 1.28. The predicted molar refractivity (Wildman–Crippen MR) is 145 cm³/mol. The number of fused-ring (bicyclic) bond motifs is 2. The van der Waals surface area contributed by atoms with Gasteiger partial charge in [-0.15, -0.1) is 5.10 Å². The monoisotopic (exact) mass is 563 g/mol. The highest BCUT2D eigenvalue weighted by molar-refractivity contribution is 7.89. The topological polar surface area (TPSA) is 115 Å². The van der Waals surface area contributed by atoms with Crippen LogP contribution in [0.4, 0.5) is 4.39 Å². The van der Waals surface area contributed by atoms with Crippen LogP contribution in [0, 0.1) is 24.6 Å². The van der Waals surface area contributed by atoms with Gasteiger partial charge in [0.2, 0.25) is 10.9 Å². The van der Waals surface area contributed by atoms with Gasteiger partial charge in [-0.3, -0.25) is 4.79 Å². The summed E-state index contributed by atoms with van der Waals surface area (Å²) in [5.74, 6) is -0.773. The third-order valence-electron chi connectivity index (χ3n) is 9.00. The van der Waals surface area contributed by atoms with Crippen LogP contribution in [-0.4, -0.2) is 62.5 Å². The number of carbonyl (C=O) groups excluding carboxylic acids is 1. The zero-order chi connectivity index (χ0) is 27.8. The molecule has 1 N–H and O–H groups in total. The molecule has 3 aliphatic rings. The Hall–Kier alpha value is -3.64. The highest BCUT2D eigenvalue weighted by atomic mass is 32.2. The summed E-state index contributed by atoms with van der Waals surface area (Å²) in [7, 11) is -2.29. The summed E-state index contributed by atoms with van der Waals surface area (Å²) in [6.45, 7) is 2.43. The van der Waals surface area contributed by atoms with Gasteiger partial charge >= 0.3 is 0 Å². The predicted octanol–water partition coefficient (Wildman–Crippen LogP) is 2.85. The second kappa shape index (κ2) is 8.93. The number of sulfonamides is 1. The highest BCUT2D eigenvalue weighted by Gasteiger charge is 2.74. The van der Waals surface area contributed by atoms with Crippen LogP contribution in [0.5, 0.6) is 0 Å². The first-order valence-electron chi connectivity index (χ1n) is 13.6. The van der Waals surface area contributed by atoms with Crippen molar-refractivity contribution in [3.8, 4) is 5.69 Å². The molecule has 1 aliphatic heterocycles. The van der Waals surface area contributed by atoms with Gasteiger partial charge in [0.1, 0.15) is 5.82 Å². The Morgan fingerprint density at radius 1 is 1.10 bits per heavy atom. The SMILES string of the molecule is Cc1cc2c(cnn2-c2ccc(F)cc2)cc1[C@]12CN(S(=O)(=O)c3cnn(C)n3)C[C@H]1[C@@H]2C(=O)NC1CCCC1. The molecular formula is C28H30FN7O3S. The number of aromatic nitrogens is 5. The first-order valence-corrected chi connectivity index (χ1v) is 15.0. The molecule has 2 aromatic heterocycles. The van der Waals surface area contributed by atoms with Gasteiger partial charge in [0, 0.05) is 37.0 Å². The standard InChI is InChI=1S/C28H30FN7O3S/c1-17-11-24-18(13-31-36(24)21-9-7-19(29)8-10-21)12-22(17)28-16-35(40(38,39)25-14-30-34(2)33-25)15-23(28)26(28)27(37)32-20-5-3-4-6-20/h7-14,20,23,26H,3-6,15-16H2,1-2H3,(H,32,37)/t23-,26+,28+/m0/s1. The maximum atomic E-state index is 13.6. The van der Waals surface area contributed by atoms with Crippen molar-refractivity contribution in [1.29, 1.82) is 0 Å². The van der Waals surface area contributed by atoms with Crippen molar-refractivity contribution in [1.82, 2.24) is 34.4 Å². The summed E-state index contributed by atoms with van der Waals surface area (Å²) in [6.07, 6.45) is 7.21. The van der Waals surface area contributed by atoms with Crippen molar-refractivity contribution in [2.24, 2.45) is 18.9 Å². The van der Waals surface area contributed by atoms with E-state index in [1.165, 1.54) is 27.4 Å². The number of carbonyl (C=O) groups is 1. The fraction of sp³-hybridized carbons (Fsp3) is 0.429. The van der Waals surface area contributed by atoms with E-state index in [-0.39, 0.29) is 47.7 Å². The Kier molecular flexibility index (Phi) is 5.66. The van der Waals surface area contributed by atoms with Gasteiger partial charge in [-0.05, 0) is 73.2 Å². The van der Waals surface area contributed by atoms with Crippen molar-refractivity contribution >= 4 is 26.8 Å². The summed E-state index contributed by atoms with van der Waals surface area (Å²) in [5, 5.41) is 16.6. The van der Waals surface area contributed by atoms with E-state index in [0.29, 0.717) is 0 Å². The molecule has 12 heteroatoms. The van der Waals surface area contributed by atoms with Crippen molar-refractivity contribution in [3.63, 3.8) is 0 Å². The van der Waals surface area contributed by atoms with E-state index < -0.39 is 15.4 Å². The van der Waals surface area contributed by atoms with E-state index in [1.807, 2.05) is 19.1 Å². The summed E-state index contributed by atoms with van der Waals surface area (Å²) < 4.78 is 43.7. The normalized spacial score (nSPS) is 25.0. The molecule has 0 unspecified atom stereocenters. The zero-order valence-electron chi connectivity index (χ0n) is 22.3. The van der Waals surface area contributed by atoms with Gasteiger partial charge in [0.05, 0.1) is 29.5 Å². The Bertz CT molecular complexity index is 1740. The number of aryl methyl sites for hydroxylation is 2. The molecule has 1 amide bonds. The lowest BCUT2D eigenvalue weighted by Gasteiger charge is -2.25. The smallest absolute Gasteiger partial charge is 0.264 e. The van der Waals surface area contributed by atoms with Crippen LogP contribution in [0.2, 0.25) is 0 Å². The van der Waals surface area contributed by atoms with Crippen LogP contribution >= 0.6 is 0 Å². The van der Waals surface area contributed by atoms with Gasteiger partial charge in [-0.1, -0.05) is 12.8 Å². The molecule has 0 spiro atoms. The Morgan fingerprint density at radius 2 is 1.85 bits per heavy atom. The number of amides is 1. The van der Waals surface area contributed by atoms with Crippen LogP contribution in [-0.2, 0) is 27.3 Å². The molecule has 10 nitrogen and oxygen atoms in total. The minimum absolute atomic E-state index is 0.00922. The van der Waals surface area contributed by atoms with E-state index in [9.17, 15) is 17.6 Å². The number of halogens is 1. The van der Waals surface area contributed by atoms with Crippen molar-refractivity contribution in [3.05, 3.63) is 65.7 Å². The van der Waals surface area contributed by atoms with E-state index >= 15 is 0 Å². The van der Waals surface area contributed by atoms with E-state index in [1.54, 1.807) is 30.1 Å². The average molecular weight is 564 g/mol. The molecule has 2 saturated carbocycles.